The fourth-order valence-corrected chi connectivity index (χ4v) is 3.66. The first kappa shape index (κ1) is 18.8. The van der Waals surface area contributed by atoms with Gasteiger partial charge in [0.05, 0.1) is 29.7 Å². The molecule has 0 radical (unpaired) electrons. The number of amides is 2. The highest BCUT2D eigenvalue weighted by molar-refractivity contribution is 7.09. The van der Waals surface area contributed by atoms with E-state index in [4.69, 9.17) is 0 Å². The van der Waals surface area contributed by atoms with Gasteiger partial charge in [-0.05, 0) is 35.7 Å². The Hall–Kier alpha value is -3.52. The van der Waals surface area contributed by atoms with Gasteiger partial charge in [0.15, 0.2) is 0 Å². The number of H-pyrrole nitrogens is 1. The number of aromatic nitrogens is 2. The van der Waals surface area contributed by atoms with Crippen molar-refractivity contribution in [2.45, 2.75) is 13.1 Å². The van der Waals surface area contributed by atoms with E-state index in [1.54, 1.807) is 36.4 Å². The van der Waals surface area contributed by atoms with Gasteiger partial charge in [-0.15, -0.1) is 11.3 Å². The van der Waals surface area contributed by atoms with Crippen LogP contribution < -0.4 is 10.9 Å². The van der Waals surface area contributed by atoms with Crippen LogP contribution in [0.1, 0.15) is 10.7 Å². The summed E-state index contributed by atoms with van der Waals surface area (Å²) in [6, 6.07) is 16.3. The van der Waals surface area contributed by atoms with Crippen molar-refractivity contribution >= 4 is 34.0 Å². The topological polar surface area (TPSA) is 78.1 Å². The lowest BCUT2D eigenvalue weighted by Gasteiger charge is -2.22. The molecule has 0 saturated carbocycles. The highest BCUT2D eigenvalue weighted by Gasteiger charge is 2.18. The average Bonchev–Trinajstić information content (AvgIpc) is 3.22. The van der Waals surface area contributed by atoms with Crippen molar-refractivity contribution in [3.05, 3.63) is 92.9 Å². The number of nitrogens with zero attached hydrogens (tertiary/aromatic N) is 2. The predicted octanol–water partition coefficient (Wildman–Crippen LogP) is 4.36. The number of nitrogens with one attached hydrogen (secondary N) is 2. The van der Waals surface area contributed by atoms with Gasteiger partial charge in [0.2, 0.25) is 0 Å². The molecular formula is C21H17FN4O2S. The van der Waals surface area contributed by atoms with Gasteiger partial charge in [0, 0.05) is 4.88 Å². The minimum Gasteiger partial charge on any atom is -0.312 e. The van der Waals surface area contributed by atoms with Gasteiger partial charge in [-0.2, -0.15) is 0 Å². The third kappa shape index (κ3) is 4.33. The molecule has 0 spiro atoms. The van der Waals surface area contributed by atoms with Crippen LogP contribution in [0.5, 0.6) is 0 Å². The number of hydrogen-bond acceptors (Lipinski definition) is 4. The Kier molecular flexibility index (Phi) is 5.35. The van der Waals surface area contributed by atoms with Gasteiger partial charge in [0.25, 0.3) is 5.56 Å². The van der Waals surface area contributed by atoms with E-state index in [0.29, 0.717) is 23.3 Å². The maximum atomic E-state index is 14.0. The lowest BCUT2D eigenvalue weighted by molar-refractivity contribution is 0.205. The molecule has 0 aliphatic rings. The van der Waals surface area contributed by atoms with Crippen LogP contribution in [0.15, 0.2) is 70.8 Å². The number of thiophene rings is 1. The molecule has 2 amide bonds. The molecule has 2 aromatic heterocycles. The zero-order valence-electron chi connectivity index (χ0n) is 15.3. The molecule has 0 aliphatic heterocycles. The Balaban J connectivity index is 1.63. The number of carbonyl (C=O) groups excluding carboxylic acids is 1. The average molecular weight is 408 g/mol. The standard InChI is InChI=1S/C21H17FN4O2S/c22-16-8-2-4-10-18(16)24-21(28)26(12-14-6-5-11-29-14)13-19-23-17-9-3-1-7-15(17)20(27)25-19/h1-11H,12-13H2,(H,24,28)(H,23,25,27). The van der Waals surface area contributed by atoms with Crippen LogP contribution >= 0.6 is 11.3 Å². The van der Waals surface area contributed by atoms with Gasteiger partial charge in [-0.1, -0.05) is 30.3 Å². The molecule has 2 heterocycles. The first-order valence-electron chi connectivity index (χ1n) is 8.91. The summed E-state index contributed by atoms with van der Waals surface area (Å²) in [6.45, 7) is 0.368. The summed E-state index contributed by atoms with van der Waals surface area (Å²) >= 11 is 1.51. The zero-order valence-corrected chi connectivity index (χ0v) is 16.1. The molecule has 0 bridgehead atoms. The second-order valence-electron chi connectivity index (χ2n) is 6.38. The fourth-order valence-electron chi connectivity index (χ4n) is 2.94. The normalized spacial score (nSPS) is 10.8. The van der Waals surface area contributed by atoms with Crippen molar-refractivity contribution in [2.24, 2.45) is 0 Å². The molecule has 4 aromatic rings. The number of aromatic amines is 1. The number of hydrogen-bond donors (Lipinski definition) is 2. The van der Waals surface area contributed by atoms with Gasteiger partial charge in [-0.3, -0.25) is 4.79 Å². The summed E-state index contributed by atoms with van der Waals surface area (Å²) in [5, 5.41) is 4.99. The van der Waals surface area contributed by atoms with Crippen molar-refractivity contribution < 1.29 is 9.18 Å². The smallest absolute Gasteiger partial charge is 0.312 e. The third-order valence-corrected chi connectivity index (χ3v) is 5.19. The van der Waals surface area contributed by atoms with E-state index in [2.05, 4.69) is 15.3 Å². The van der Waals surface area contributed by atoms with Crippen LogP contribution in [0.25, 0.3) is 10.9 Å². The molecule has 4 rings (SSSR count). The molecule has 8 heteroatoms. The monoisotopic (exact) mass is 408 g/mol. The van der Waals surface area contributed by atoms with E-state index in [0.717, 1.165) is 4.88 Å². The maximum Gasteiger partial charge on any atom is 0.322 e. The van der Waals surface area contributed by atoms with Crippen LogP contribution in [0.3, 0.4) is 0 Å². The Labute approximate surface area is 169 Å². The van der Waals surface area contributed by atoms with E-state index in [1.165, 1.54) is 28.4 Å². The summed E-state index contributed by atoms with van der Waals surface area (Å²) in [5.74, 6) is -0.164. The van der Waals surface area contributed by atoms with Crippen LogP contribution in [0.4, 0.5) is 14.9 Å². The summed E-state index contributed by atoms with van der Waals surface area (Å²) in [4.78, 5) is 34.8. The molecule has 0 fully saturated rings. The largest absolute Gasteiger partial charge is 0.322 e. The molecule has 146 valence electrons. The van der Waals surface area contributed by atoms with Crippen molar-refractivity contribution in [1.82, 2.24) is 14.9 Å². The Morgan fingerprint density at radius 2 is 1.86 bits per heavy atom. The predicted molar refractivity (Wildman–Crippen MR) is 111 cm³/mol. The number of carbonyl (C=O) groups is 1. The third-order valence-electron chi connectivity index (χ3n) is 4.33. The van der Waals surface area contributed by atoms with E-state index in [-0.39, 0.29) is 17.8 Å². The molecule has 0 aliphatic carbocycles. The fraction of sp³-hybridized carbons (Fsp3) is 0.0952. The molecule has 0 unspecified atom stereocenters. The second kappa shape index (κ2) is 8.24. The molecule has 0 atom stereocenters. The van der Waals surface area contributed by atoms with Crippen LogP contribution in [0.2, 0.25) is 0 Å². The molecular weight excluding hydrogens is 391 g/mol. The summed E-state index contributed by atoms with van der Waals surface area (Å²) in [6.07, 6.45) is 0. The number of rotatable bonds is 5. The number of anilines is 1. The Morgan fingerprint density at radius 3 is 2.66 bits per heavy atom. The molecule has 0 saturated heterocycles. The van der Waals surface area contributed by atoms with E-state index >= 15 is 0 Å². The van der Waals surface area contributed by atoms with Crippen molar-refractivity contribution in [2.75, 3.05) is 5.32 Å². The summed E-state index contributed by atoms with van der Waals surface area (Å²) < 4.78 is 14.0. The lowest BCUT2D eigenvalue weighted by atomic mass is 10.2. The number of urea groups is 1. The molecule has 6 nitrogen and oxygen atoms in total. The van der Waals surface area contributed by atoms with Crippen molar-refractivity contribution in [3.63, 3.8) is 0 Å². The van der Waals surface area contributed by atoms with Gasteiger partial charge < -0.3 is 15.2 Å². The van der Waals surface area contributed by atoms with Crippen LogP contribution in [-0.4, -0.2) is 20.9 Å². The maximum absolute atomic E-state index is 14.0. The first-order chi connectivity index (χ1) is 14.1. The van der Waals surface area contributed by atoms with Crippen molar-refractivity contribution in [1.29, 1.82) is 0 Å². The number of halogens is 1. The molecule has 29 heavy (non-hydrogen) atoms. The number of para-hydroxylation sites is 2. The lowest BCUT2D eigenvalue weighted by Crippen LogP contribution is -2.35. The Morgan fingerprint density at radius 1 is 1.07 bits per heavy atom. The van der Waals surface area contributed by atoms with Gasteiger partial charge in [-0.25, -0.2) is 14.2 Å². The number of benzene rings is 2. The first-order valence-corrected chi connectivity index (χ1v) is 9.79. The molecule has 2 N–H and O–H groups in total. The Bertz CT molecular complexity index is 1210. The number of fused-ring (bicyclic) bond motifs is 1. The highest BCUT2D eigenvalue weighted by Crippen LogP contribution is 2.17. The SMILES string of the molecule is O=C(Nc1ccccc1F)N(Cc1nc2ccccc2c(=O)[nH]1)Cc1cccs1. The minimum absolute atomic E-state index is 0.0677. The summed E-state index contributed by atoms with van der Waals surface area (Å²) in [7, 11) is 0. The van der Waals surface area contributed by atoms with Crippen LogP contribution in [0, 0.1) is 5.82 Å². The van der Waals surface area contributed by atoms with Crippen molar-refractivity contribution in [3.8, 4) is 0 Å². The quantitative estimate of drug-likeness (QED) is 0.515. The van der Waals surface area contributed by atoms with Crippen LogP contribution in [-0.2, 0) is 13.1 Å². The summed E-state index contributed by atoms with van der Waals surface area (Å²) in [5.41, 5.74) is 0.377. The zero-order chi connectivity index (χ0) is 20.2. The van der Waals surface area contributed by atoms with Gasteiger partial charge >= 0.3 is 6.03 Å². The minimum atomic E-state index is -0.519. The highest BCUT2D eigenvalue weighted by atomic mass is 32.1. The molecule has 2 aromatic carbocycles. The van der Waals surface area contributed by atoms with E-state index < -0.39 is 11.8 Å². The van der Waals surface area contributed by atoms with E-state index in [9.17, 15) is 14.0 Å². The second-order valence-corrected chi connectivity index (χ2v) is 7.41. The van der Waals surface area contributed by atoms with Gasteiger partial charge in [0.1, 0.15) is 11.6 Å². The van der Waals surface area contributed by atoms with E-state index in [1.807, 2.05) is 17.5 Å².